The van der Waals surface area contributed by atoms with Gasteiger partial charge in [0.05, 0.1) is 13.0 Å². The van der Waals surface area contributed by atoms with E-state index < -0.39 is 5.54 Å². The Bertz CT molecular complexity index is 559. The molecule has 0 aromatic carbocycles. The van der Waals surface area contributed by atoms with Crippen LogP contribution in [0.25, 0.3) is 4.85 Å². The summed E-state index contributed by atoms with van der Waals surface area (Å²) >= 11 is 0. The Morgan fingerprint density at radius 2 is 2.42 bits per heavy atom. The first kappa shape index (κ1) is 12.1. The van der Waals surface area contributed by atoms with E-state index in [1.54, 1.807) is 4.68 Å². The van der Waals surface area contributed by atoms with Gasteiger partial charge in [0.2, 0.25) is 5.91 Å². The topological polar surface area (TPSA) is 67.4 Å². The van der Waals surface area contributed by atoms with Gasteiger partial charge in [-0.1, -0.05) is 0 Å². The molecule has 19 heavy (non-hydrogen) atoms. The minimum Gasteiger partial charge on any atom is -0.347 e. The van der Waals surface area contributed by atoms with Crippen molar-refractivity contribution in [2.24, 2.45) is 0 Å². The van der Waals surface area contributed by atoms with E-state index in [1.807, 2.05) is 13.8 Å². The maximum Gasteiger partial charge on any atom is 0.282 e. The van der Waals surface area contributed by atoms with Crippen molar-refractivity contribution < 1.29 is 4.79 Å². The molecule has 1 amide bonds. The number of fused-ring (bicyclic) bond motifs is 2. The Morgan fingerprint density at radius 1 is 1.63 bits per heavy atom. The quantitative estimate of drug-likeness (QED) is 0.720. The van der Waals surface area contributed by atoms with Crippen molar-refractivity contribution in [3.63, 3.8) is 0 Å². The first-order chi connectivity index (χ1) is 9.08. The van der Waals surface area contributed by atoms with Gasteiger partial charge in [-0.05, 0) is 13.8 Å². The van der Waals surface area contributed by atoms with Crippen LogP contribution in [0.15, 0.2) is 6.33 Å². The van der Waals surface area contributed by atoms with E-state index in [1.165, 1.54) is 6.33 Å². The summed E-state index contributed by atoms with van der Waals surface area (Å²) in [5.74, 6) is 0.705. The van der Waals surface area contributed by atoms with Crippen LogP contribution in [0.3, 0.4) is 0 Å². The van der Waals surface area contributed by atoms with Crippen LogP contribution in [0.2, 0.25) is 0 Å². The molecule has 2 atom stereocenters. The van der Waals surface area contributed by atoms with Gasteiger partial charge in [0.25, 0.3) is 6.17 Å². The third-order valence-corrected chi connectivity index (χ3v) is 4.01. The van der Waals surface area contributed by atoms with E-state index in [9.17, 15) is 4.79 Å². The molecule has 1 aromatic heterocycles. The van der Waals surface area contributed by atoms with Gasteiger partial charge >= 0.3 is 0 Å². The molecule has 0 unspecified atom stereocenters. The molecule has 0 saturated carbocycles. The van der Waals surface area contributed by atoms with E-state index in [0.29, 0.717) is 19.5 Å². The number of hydrogen-bond acceptors (Lipinski definition) is 4. The molecule has 0 radical (unpaired) electrons. The smallest absolute Gasteiger partial charge is 0.282 e. The first-order valence-corrected chi connectivity index (χ1v) is 6.38. The molecule has 0 bridgehead atoms. The van der Waals surface area contributed by atoms with Crippen LogP contribution in [-0.2, 0) is 16.9 Å². The molecule has 1 fully saturated rings. The summed E-state index contributed by atoms with van der Waals surface area (Å²) in [5, 5.41) is 7.09. The zero-order chi connectivity index (χ0) is 13.6. The number of nitrogens with one attached hydrogen (secondary N) is 1. The zero-order valence-electron chi connectivity index (χ0n) is 11.0. The molecule has 1 saturated heterocycles. The summed E-state index contributed by atoms with van der Waals surface area (Å²) in [4.78, 5) is 22.3. The van der Waals surface area contributed by atoms with Gasteiger partial charge in [0, 0.05) is 12.6 Å². The van der Waals surface area contributed by atoms with Crippen molar-refractivity contribution in [3.8, 4) is 0 Å². The second-order valence-electron chi connectivity index (χ2n) is 5.38. The molecule has 0 aliphatic carbocycles. The molecule has 7 nitrogen and oxygen atoms in total. The summed E-state index contributed by atoms with van der Waals surface area (Å²) in [6, 6.07) is 0.222. The first-order valence-electron chi connectivity index (χ1n) is 6.38. The molecule has 2 aliphatic rings. The number of hydrogen-bond donors (Lipinski definition) is 1. The summed E-state index contributed by atoms with van der Waals surface area (Å²) in [6.45, 7) is 12.3. The monoisotopic (exact) mass is 260 g/mol. The van der Waals surface area contributed by atoms with Crippen molar-refractivity contribution in [2.75, 3.05) is 6.54 Å². The van der Waals surface area contributed by atoms with Crippen LogP contribution in [0.4, 0.5) is 0 Å². The van der Waals surface area contributed by atoms with Gasteiger partial charge in [0.1, 0.15) is 12.2 Å². The number of aromatic nitrogens is 3. The lowest BCUT2D eigenvalue weighted by Gasteiger charge is -2.32. The van der Waals surface area contributed by atoms with Crippen molar-refractivity contribution in [1.82, 2.24) is 25.0 Å². The van der Waals surface area contributed by atoms with Crippen LogP contribution in [0.5, 0.6) is 0 Å². The second kappa shape index (κ2) is 4.03. The van der Waals surface area contributed by atoms with Crippen molar-refractivity contribution in [1.29, 1.82) is 0 Å². The Hall–Kier alpha value is -1.94. The van der Waals surface area contributed by atoms with Crippen LogP contribution < -0.4 is 5.32 Å². The molecule has 1 spiro atoms. The lowest BCUT2D eigenvalue weighted by atomic mass is 9.95. The summed E-state index contributed by atoms with van der Waals surface area (Å²) < 4.78 is 1.71. The van der Waals surface area contributed by atoms with Gasteiger partial charge in [0.15, 0.2) is 5.54 Å². The fourth-order valence-electron chi connectivity index (χ4n) is 3.02. The number of carbonyl (C=O) groups is 1. The highest BCUT2D eigenvalue weighted by molar-refractivity contribution is 5.86. The van der Waals surface area contributed by atoms with E-state index in [0.717, 1.165) is 5.82 Å². The van der Waals surface area contributed by atoms with E-state index in [4.69, 9.17) is 6.57 Å². The van der Waals surface area contributed by atoms with Gasteiger partial charge in [-0.2, -0.15) is 5.10 Å². The second-order valence-corrected chi connectivity index (χ2v) is 5.38. The minimum atomic E-state index is -0.774. The maximum atomic E-state index is 12.4. The van der Waals surface area contributed by atoms with E-state index in [2.05, 4.69) is 25.1 Å². The number of carbonyl (C=O) groups excluding carboxylic acids is 1. The third-order valence-electron chi connectivity index (χ3n) is 4.01. The SMILES string of the molecule is [C-]#[N+][C@@H]1C[C@@]2(CN1C(C)C)C(=O)NCc1ncnn12. The van der Waals surface area contributed by atoms with Gasteiger partial charge in [-0.25, -0.2) is 21.1 Å². The highest BCUT2D eigenvalue weighted by Gasteiger charge is 2.57. The van der Waals surface area contributed by atoms with E-state index >= 15 is 0 Å². The van der Waals surface area contributed by atoms with Crippen LogP contribution in [0.1, 0.15) is 26.1 Å². The van der Waals surface area contributed by atoms with Crippen molar-refractivity contribution >= 4 is 5.91 Å². The molecular weight excluding hydrogens is 244 g/mol. The highest BCUT2D eigenvalue weighted by Crippen LogP contribution is 2.37. The Balaban J connectivity index is 2.06. The zero-order valence-corrected chi connectivity index (χ0v) is 11.0. The van der Waals surface area contributed by atoms with Crippen LogP contribution in [-0.4, -0.2) is 44.3 Å². The van der Waals surface area contributed by atoms with Crippen molar-refractivity contribution in [2.45, 2.75) is 44.6 Å². The summed E-state index contributed by atoms with van der Waals surface area (Å²) in [6.07, 6.45) is 1.67. The highest BCUT2D eigenvalue weighted by atomic mass is 16.2. The fraction of sp³-hybridized carbons (Fsp3) is 0.667. The van der Waals surface area contributed by atoms with Crippen LogP contribution in [0, 0.1) is 6.57 Å². The minimum absolute atomic E-state index is 0.0534. The largest absolute Gasteiger partial charge is 0.347 e. The number of likely N-dealkylation sites (tertiary alicyclic amines) is 1. The summed E-state index contributed by atoms with van der Waals surface area (Å²) in [7, 11) is 0. The Labute approximate surface area is 111 Å². The van der Waals surface area contributed by atoms with Gasteiger partial charge in [-0.15, -0.1) is 0 Å². The molecular formula is C12H16N6O. The average Bonchev–Trinajstić information content (AvgIpc) is 3.00. The Morgan fingerprint density at radius 3 is 3.05 bits per heavy atom. The maximum absolute atomic E-state index is 12.4. The Kier molecular flexibility index (Phi) is 2.57. The van der Waals surface area contributed by atoms with Gasteiger partial charge in [-0.3, -0.25) is 9.64 Å². The molecule has 3 rings (SSSR count). The standard InChI is InChI=1S/C12H16N6O/c1-8(2)17-6-12(4-9(17)13-3)11(19)14-5-10-15-7-16-18(10)12/h7-9H,4-6H2,1-2H3,(H,14,19)/t9-,12+/m0/s1. The summed E-state index contributed by atoms with van der Waals surface area (Å²) in [5.41, 5.74) is -0.774. The van der Waals surface area contributed by atoms with Crippen LogP contribution >= 0.6 is 0 Å². The van der Waals surface area contributed by atoms with Crippen molar-refractivity contribution in [3.05, 3.63) is 23.6 Å². The molecule has 3 heterocycles. The molecule has 2 aliphatic heterocycles. The lowest BCUT2D eigenvalue weighted by Crippen LogP contribution is -2.55. The number of nitrogens with zero attached hydrogens (tertiary/aromatic N) is 5. The predicted octanol–water partition coefficient (Wildman–Crippen LogP) is -0.0373. The fourth-order valence-corrected chi connectivity index (χ4v) is 3.02. The predicted molar refractivity (Wildman–Crippen MR) is 66.7 cm³/mol. The third kappa shape index (κ3) is 1.56. The number of amides is 1. The molecule has 1 aromatic rings. The molecule has 1 N–H and O–H groups in total. The number of rotatable bonds is 1. The normalized spacial score (nSPS) is 30.4. The van der Waals surface area contributed by atoms with Gasteiger partial charge < -0.3 is 5.32 Å². The average molecular weight is 260 g/mol. The molecule has 7 heteroatoms. The van der Waals surface area contributed by atoms with E-state index in [-0.39, 0.29) is 18.1 Å². The lowest BCUT2D eigenvalue weighted by molar-refractivity contribution is -0.131. The molecule has 100 valence electrons.